The van der Waals surface area contributed by atoms with Crippen LogP contribution in [0.25, 0.3) is 11.3 Å². The first-order valence-corrected chi connectivity index (χ1v) is 7.34. The third-order valence-corrected chi connectivity index (χ3v) is 3.92. The third kappa shape index (κ3) is 2.63. The van der Waals surface area contributed by atoms with Gasteiger partial charge in [-0.25, -0.2) is 4.98 Å². The van der Waals surface area contributed by atoms with Gasteiger partial charge in [-0.15, -0.1) is 0 Å². The molecule has 1 unspecified atom stereocenters. The second-order valence-electron chi connectivity index (χ2n) is 6.54. The van der Waals surface area contributed by atoms with Gasteiger partial charge in [-0.3, -0.25) is 0 Å². The molecule has 0 spiro atoms. The number of nitrogens with one attached hydrogen (secondary N) is 1. The van der Waals surface area contributed by atoms with E-state index in [0.29, 0.717) is 0 Å². The average molecular weight is 270 g/mol. The zero-order valence-electron chi connectivity index (χ0n) is 12.4. The second-order valence-corrected chi connectivity index (χ2v) is 6.54. The van der Waals surface area contributed by atoms with E-state index < -0.39 is 0 Å². The predicted octanol–water partition coefficient (Wildman–Crippen LogP) is 4.06. The van der Waals surface area contributed by atoms with Crippen LogP contribution in [-0.2, 0) is 5.41 Å². The second kappa shape index (κ2) is 5.06. The minimum absolute atomic E-state index is 0.179. The van der Waals surface area contributed by atoms with Gasteiger partial charge in [0, 0.05) is 5.56 Å². The molecule has 2 heterocycles. The van der Waals surface area contributed by atoms with Crippen LogP contribution in [0.5, 0.6) is 0 Å². The largest absolute Gasteiger partial charge is 0.439 e. The highest BCUT2D eigenvalue weighted by atomic mass is 16.4. The van der Waals surface area contributed by atoms with E-state index in [-0.39, 0.29) is 11.5 Å². The maximum atomic E-state index is 5.91. The highest BCUT2D eigenvalue weighted by molar-refractivity contribution is 5.57. The van der Waals surface area contributed by atoms with Gasteiger partial charge in [0.15, 0.2) is 5.76 Å². The average Bonchev–Trinajstić information content (AvgIpc) is 3.09. The summed E-state index contributed by atoms with van der Waals surface area (Å²) in [6.07, 6.45) is 4.15. The van der Waals surface area contributed by atoms with Crippen LogP contribution in [0.4, 0.5) is 0 Å². The van der Waals surface area contributed by atoms with Crippen molar-refractivity contribution in [2.45, 2.75) is 45.1 Å². The van der Waals surface area contributed by atoms with E-state index >= 15 is 0 Å². The van der Waals surface area contributed by atoms with Gasteiger partial charge in [-0.2, -0.15) is 0 Å². The monoisotopic (exact) mass is 270 g/mol. The Bertz CT molecular complexity index is 572. The summed E-state index contributed by atoms with van der Waals surface area (Å²) in [5.74, 6) is 1.67. The quantitative estimate of drug-likeness (QED) is 0.894. The number of benzene rings is 1. The summed E-state index contributed by atoms with van der Waals surface area (Å²) in [6.45, 7) is 7.73. The Kier molecular flexibility index (Phi) is 3.38. The molecule has 0 saturated carbocycles. The predicted molar refractivity (Wildman–Crippen MR) is 80.6 cm³/mol. The first kappa shape index (κ1) is 13.4. The van der Waals surface area contributed by atoms with Crippen LogP contribution in [0.15, 0.2) is 34.9 Å². The van der Waals surface area contributed by atoms with Gasteiger partial charge in [-0.05, 0) is 30.4 Å². The smallest absolute Gasteiger partial charge is 0.212 e. The van der Waals surface area contributed by atoms with Gasteiger partial charge in [0.05, 0.1) is 12.2 Å². The standard InChI is InChI=1S/C17H22N2O/c1-17(2,3)13-8-6-12(7-9-13)15-11-19-16(20-15)14-5-4-10-18-14/h6-9,11,14,18H,4-5,10H2,1-3H3. The fraction of sp³-hybridized carbons (Fsp3) is 0.471. The Morgan fingerprint density at radius 1 is 1.20 bits per heavy atom. The van der Waals surface area contributed by atoms with Gasteiger partial charge in [-0.1, -0.05) is 45.0 Å². The fourth-order valence-corrected chi connectivity index (χ4v) is 2.61. The molecular formula is C17H22N2O. The van der Waals surface area contributed by atoms with Gasteiger partial charge in [0.1, 0.15) is 0 Å². The van der Waals surface area contributed by atoms with Crippen molar-refractivity contribution in [1.29, 1.82) is 0 Å². The van der Waals surface area contributed by atoms with E-state index in [0.717, 1.165) is 30.2 Å². The molecule has 1 atom stereocenters. The van der Waals surface area contributed by atoms with Crippen molar-refractivity contribution in [3.05, 3.63) is 41.9 Å². The zero-order chi connectivity index (χ0) is 14.2. The topological polar surface area (TPSA) is 38.1 Å². The van der Waals surface area contributed by atoms with Crippen molar-refractivity contribution in [2.24, 2.45) is 0 Å². The highest BCUT2D eigenvalue weighted by Gasteiger charge is 2.21. The Morgan fingerprint density at radius 3 is 2.55 bits per heavy atom. The molecule has 106 valence electrons. The van der Waals surface area contributed by atoms with E-state index in [2.05, 4.69) is 55.3 Å². The van der Waals surface area contributed by atoms with Crippen LogP contribution in [0.2, 0.25) is 0 Å². The molecule has 1 saturated heterocycles. The van der Waals surface area contributed by atoms with Crippen LogP contribution in [0.1, 0.15) is 51.1 Å². The molecule has 2 aromatic rings. The maximum Gasteiger partial charge on any atom is 0.212 e. The number of hydrogen-bond donors (Lipinski definition) is 1. The molecule has 0 radical (unpaired) electrons. The first-order valence-electron chi connectivity index (χ1n) is 7.34. The first-order chi connectivity index (χ1) is 9.54. The number of hydrogen-bond acceptors (Lipinski definition) is 3. The van der Waals surface area contributed by atoms with Gasteiger partial charge in [0.25, 0.3) is 0 Å². The molecule has 20 heavy (non-hydrogen) atoms. The molecule has 1 N–H and O–H groups in total. The number of rotatable bonds is 2. The summed E-state index contributed by atoms with van der Waals surface area (Å²) < 4.78 is 5.91. The summed E-state index contributed by atoms with van der Waals surface area (Å²) in [4.78, 5) is 4.42. The summed E-state index contributed by atoms with van der Waals surface area (Å²) in [7, 11) is 0. The van der Waals surface area contributed by atoms with Crippen molar-refractivity contribution in [2.75, 3.05) is 6.54 Å². The van der Waals surface area contributed by atoms with Crippen LogP contribution >= 0.6 is 0 Å². The van der Waals surface area contributed by atoms with E-state index in [9.17, 15) is 0 Å². The molecule has 0 amide bonds. The van der Waals surface area contributed by atoms with Crippen molar-refractivity contribution < 1.29 is 4.42 Å². The lowest BCUT2D eigenvalue weighted by Gasteiger charge is -2.18. The normalized spacial score (nSPS) is 19.4. The van der Waals surface area contributed by atoms with E-state index in [1.807, 2.05) is 6.20 Å². The molecule has 1 fully saturated rings. The minimum atomic E-state index is 0.179. The lowest BCUT2D eigenvalue weighted by atomic mass is 9.86. The van der Waals surface area contributed by atoms with Crippen molar-refractivity contribution in [3.8, 4) is 11.3 Å². The fourth-order valence-electron chi connectivity index (χ4n) is 2.61. The van der Waals surface area contributed by atoms with Crippen molar-refractivity contribution in [1.82, 2.24) is 10.3 Å². The zero-order valence-corrected chi connectivity index (χ0v) is 12.4. The minimum Gasteiger partial charge on any atom is -0.439 e. The molecule has 1 aliphatic rings. The molecule has 0 aliphatic carbocycles. The number of nitrogens with zero attached hydrogens (tertiary/aromatic N) is 1. The summed E-state index contributed by atoms with van der Waals surface area (Å²) in [5, 5.41) is 3.41. The lowest BCUT2D eigenvalue weighted by Crippen LogP contribution is -2.12. The van der Waals surface area contributed by atoms with Crippen molar-refractivity contribution in [3.63, 3.8) is 0 Å². The van der Waals surface area contributed by atoms with E-state index in [1.165, 1.54) is 12.0 Å². The molecule has 3 heteroatoms. The molecule has 1 aromatic heterocycles. The Hall–Kier alpha value is -1.61. The Labute approximate surface area is 120 Å². The highest BCUT2D eigenvalue weighted by Crippen LogP contribution is 2.29. The number of aromatic nitrogens is 1. The van der Waals surface area contributed by atoms with Crippen LogP contribution in [0.3, 0.4) is 0 Å². The van der Waals surface area contributed by atoms with Crippen LogP contribution in [-0.4, -0.2) is 11.5 Å². The van der Waals surface area contributed by atoms with Crippen molar-refractivity contribution >= 4 is 0 Å². The van der Waals surface area contributed by atoms with Gasteiger partial charge in [0.2, 0.25) is 5.89 Å². The molecule has 3 rings (SSSR count). The Morgan fingerprint density at radius 2 is 1.95 bits per heavy atom. The number of oxazole rings is 1. The van der Waals surface area contributed by atoms with Crippen LogP contribution in [0, 0.1) is 0 Å². The Balaban J connectivity index is 1.82. The third-order valence-electron chi connectivity index (χ3n) is 3.92. The molecule has 0 bridgehead atoms. The van der Waals surface area contributed by atoms with Crippen LogP contribution < -0.4 is 5.32 Å². The van der Waals surface area contributed by atoms with E-state index in [1.54, 1.807) is 0 Å². The molecule has 1 aliphatic heterocycles. The summed E-state index contributed by atoms with van der Waals surface area (Å²) >= 11 is 0. The molecule has 3 nitrogen and oxygen atoms in total. The van der Waals surface area contributed by atoms with Gasteiger partial charge < -0.3 is 9.73 Å². The molecule has 1 aromatic carbocycles. The SMILES string of the molecule is CC(C)(C)c1ccc(-c2cnc(C3CCCN3)o2)cc1. The molecular weight excluding hydrogens is 248 g/mol. The lowest BCUT2D eigenvalue weighted by molar-refractivity contribution is 0.437. The summed E-state index contributed by atoms with van der Waals surface area (Å²) in [5.41, 5.74) is 2.60. The van der Waals surface area contributed by atoms with E-state index in [4.69, 9.17) is 4.42 Å². The summed E-state index contributed by atoms with van der Waals surface area (Å²) in [6, 6.07) is 8.87. The maximum absolute atomic E-state index is 5.91. The van der Waals surface area contributed by atoms with Gasteiger partial charge >= 0.3 is 0 Å².